The molecule has 2 heterocycles. The molecule has 0 amide bonds. The SMILES string of the molecule is NCC(c1cc(-c2ccccc2)n[nH]1)c1cccs1. The van der Waals surface area contributed by atoms with Crippen LogP contribution in [-0.4, -0.2) is 16.7 Å². The minimum absolute atomic E-state index is 0.199. The van der Waals surface area contributed by atoms with Gasteiger partial charge in [0.15, 0.2) is 0 Å². The second kappa shape index (κ2) is 5.38. The standard InChI is InChI=1S/C15H15N3S/c16-10-12(15-7-4-8-19-15)14-9-13(17-18-14)11-5-2-1-3-6-11/h1-9,12H,10,16H2,(H,17,18). The van der Waals surface area contributed by atoms with Gasteiger partial charge in [-0.05, 0) is 17.5 Å². The molecule has 0 aliphatic carbocycles. The normalized spacial score (nSPS) is 12.5. The number of benzene rings is 1. The van der Waals surface area contributed by atoms with E-state index in [1.807, 2.05) is 18.2 Å². The lowest BCUT2D eigenvalue weighted by atomic mass is 10.0. The van der Waals surface area contributed by atoms with Gasteiger partial charge in [0.1, 0.15) is 0 Å². The molecule has 19 heavy (non-hydrogen) atoms. The summed E-state index contributed by atoms with van der Waals surface area (Å²) in [6.07, 6.45) is 0. The van der Waals surface area contributed by atoms with Crippen molar-refractivity contribution in [2.75, 3.05) is 6.54 Å². The molecule has 0 radical (unpaired) electrons. The van der Waals surface area contributed by atoms with Crippen LogP contribution in [0.15, 0.2) is 53.9 Å². The molecule has 1 atom stereocenters. The highest BCUT2D eigenvalue weighted by Gasteiger charge is 2.16. The average molecular weight is 269 g/mol. The first-order valence-electron chi connectivity index (χ1n) is 6.22. The molecule has 3 aromatic rings. The van der Waals surface area contributed by atoms with Gasteiger partial charge in [-0.2, -0.15) is 5.10 Å². The van der Waals surface area contributed by atoms with Crippen molar-refractivity contribution in [3.63, 3.8) is 0 Å². The maximum Gasteiger partial charge on any atom is 0.0923 e. The van der Waals surface area contributed by atoms with E-state index in [-0.39, 0.29) is 5.92 Å². The summed E-state index contributed by atoms with van der Waals surface area (Å²) in [6.45, 7) is 0.580. The smallest absolute Gasteiger partial charge is 0.0923 e. The van der Waals surface area contributed by atoms with Crippen LogP contribution < -0.4 is 5.73 Å². The number of nitrogens with zero attached hydrogens (tertiary/aromatic N) is 1. The number of hydrogen-bond acceptors (Lipinski definition) is 3. The molecule has 3 N–H and O–H groups in total. The summed E-state index contributed by atoms with van der Waals surface area (Å²) in [6, 6.07) is 16.4. The molecule has 0 aliphatic heterocycles. The quantitative estimate of drug-likeness (QED) is 0.764. The summed E-state index contributed by atoms with van der Waals surface area (Å²) >= 11 is 1.73. The van der Waals surface area contributed by atoms with Gasteiger partial charge in [0.05, 0.1) is 5.69 Å². The highest BCUT2D eigenvalue weighted by atomic mass is 32.1. The lowest BCUT2D eigenvalue weighted by Gasteiger charge is -2.09. The predicted octanol–water partition coefficient (Wildman–Crippen LogP) is 3.23. The van der Waals surface area contributed by atoms with E-state index in [2.05, 4.69) is 45.9 Å². The fourth-order valence-corrected chi connectivity index (χ4v) is 3.02. The molecule has 3 nitrogen and oxygen atoms in total. The van der Waals surface area contributed by atoms with E-state index < -0.39 is 0 Å². The Morgan fingerprint density at radius 3 is 2.68 bits per heavy atom. The van der Waals surface area contributed by atoms with E-state index in [1.165, 1.54) is 4.88 Å². The molecule has 0 fully saturated rings. The van der Waals surface area contributed by atoms with E-state index in [0.717, 1.165) is 17.0 Å². The number of nitrogens with one attached hydrogen (secondary N) is 1. The van der Waals surface area contributed by atoms with E-state index in [4.69, 9.17) is 5.73 Å². The maximum absolute atomic E-state index is 5.90. The Labute approximate surface area is 116 Å². The highest BCUT2D eigenvalue weighted by Crippen LogP contribution is 2.28. The van der Waals surface area contributed by atoms with E-state index in [9.17, 15) is 0 Å². The Morgan fingerprint density at radius 2 is 2.00 bits per heavy atom. The summed E-state index contributed by atoms with van der Waals surface area (Å²) < 4.78 is 0. The molecule has 0 saturated heterocycles. The topological polar surface area (TPSA) is 54.7 Å². The van der Waals surface area contributed by atoms with Crippen molar-refractivity contribution in [3.8, 4) is 11.3 Å². The van der Waals surface area contributed by atoms with Gasteiger partial charge in [-0.25, -0.2) is 0 Å². The van der Waals surface area contributed by atoms with E-state index in [0.29, 0.717) is 6.54 Å². The highest BCUT2D eigenvalue weighted by molar-refractivity contribution is 7.10. The lowest BCUT2D eigenvalue weighted by molar-refractivity contribution is 0.793. The molecule has 4 heteroatoms. The van der Waals surface area contributed by atoms with Crippen LogP contribution in [0.4, 0.5) is 0 Å². The Hall–Kier alpha value is -1.91. The molecular weight excluding hydrogens is 254 g/mol. The maximum atomic E-state index is 5.90. The van der Waals surface area contributed by atoms with Gasteiger partial charge in [-0.3, -0.25) is 5.10 Å². The third-order valence-corrected chi connectivity index (χ3v) is 4.15. The van der Waals surface area contributed by atoms with Crippen molar-refractivity contribution in [2.24, 2.45) is 5.73 Å². The Kier molecular flexibility index (Phi) is 3.44. The van der Waals surface area contributed by atoms with Crippen LogP contribution in [0.25, 0.3) is 11.3 Å². The zero-order valence-electron chi connectivity index (χ0n) is 10.4. The van der Waals surface area contributed by atoms with Crippen LogP contribution in [-0.2, 0) is 0 Å². The zero-order valence-corrected chi connectivity index (χ0v) is 11.2. The van der Waals surface area contributed by atoms with Gasteiger partial charge < -0.3 is 5.73 Å². The van der Waals surface area contributed by atoms with Crippen molar-refractivity contribution < 1.29 is 0 Å². The fraction of sp³-hybridized carbons (Fsp3) is 0.133. The molecule has 0 bridgehead atoms. The minimum atomic E-state index is 0.199. The Balaban J connectivity index is 1.93. The van der Waals surface area contributed by atoms with E-state index >= 15 is 0 Å². The second-order valence-corrected chi connectivity index (χ2v) is 5.36. The van der Waals surface area contributed by atoms with Gasteiger partial charge in [0.2, 0.25) is 0 Å². The van der Waals surface area contributed by atoms with Crippen LogP contribution in [0.3, 0.4) is 0 Å². The summed E-state index contributed by atoms with van der Waals surface area (Å²) in [7, 11) is 0. The monoisotopic (exact) mass is 269 g/mol. The van der Waals surface area contributed by atoms with Gasteiger partial charge >= 0.3 is 0 Å². The van der Waals surface area contributed by atoms with Crippen LogP contribution in [0, 0.1) is 0 Å². The summed E-state index contributed by atoms with van der Waals surface area (Å²) in [4.78, 5) is 1.27. The van der Waals surface area contributed by atoms with Gasteiger partial charge in [0.25, 0.3) is 0 Å². The van der Waals surface area contributed by atoms with Crippen molar-refractivity contribution in [1.29, 1.82) is 0 Å². The number of aromatic nitrogens is 2. The van der Waals surface area contributed by atoms with Crippen LogP contribution >= 0.6 is 11.3 Å². The minimum Gasteiger partial charge on any atom is -0.329 e. The van der Waals surface area contributed by atoms with Crippen molar-refractivity contribution in [1.82, 2.24) is 10.2 Å². The molecule has 96 valence electrons. The van der Waals surface area contributed by atoms with E-state index in [1.54, 1.807) is 11.3 Å². The third-order valence-electron chi connectivity index (χ3n) is 3.16. The van der Waals surface area contributed by atoms with Crippen LogP contribution in [0.2, 0.25) is 0 Å². The number of rotatable bonds is 4. The molecule has 0 spiro atoms. The summed E-state index contributed by atoms with van der Waals surface area (Å²) in [5, 5.41) is 9.59. The Morgan fingerprint density at radius 1 is 1.16 bits per heavy atom. The average Bonchev–Trinajstić information content (AvgIpc) is 3.12. The fourth-order valence-electron chi connectivity index (χ4n) is 2.16. The third kappa shape index (κ3) is 2.45. The lowest BCUT2D eigenvalue weighted by Crippen LogP contribution is -2.12. The Bertz CT molecular complexity index is 628. The number of thiophene rings is 1. The molecule has 3 rings (SSSR count). The first-order chi connectivity index (χ1) is 9.38. The molecule has 0 aliphatic rings. The number of aromatic amines is 1. The molecule has 1 unspecified atom stereocenters. The predicted molar refractivity (Wildman–Crippen MR) is 79.2 cm³/mol. The van der Waals surface area contributed by atoms with Gasteiger partial charge in [0, 0.05) is 28.6 Å². The largest absolute Gasteiger partial charge is 0.329 e. The number of H-pyrrole nitrogens is 1. The molecule has 1 aromatic carbocycles. The molecule has 2 aromatic heterocycles. The first-order valence-corrected chi connectivity index (χ1v) is 7.10. The summed E-state index contributed by atoms with van der Waals surface area (Å²) in [5.74, 6) is 0.199. The number of hydrogen-bond donors (Lipinski definition) is 2. The molecular formula is C15H15N3S. The van der Waals surface area contributed by atoms with Crippen molar-refractivity contribution in [3.05, 3.63) is 64.5 Å². The van der Waals surface area contributed by atoms with Crippen LogP contribution in [0.1, 0.15) is 16.5 Å². The second-order valence-electron chi connectivity index (χ2n) is 4.38. The zero-order chi connectivity index (χ0) is 13.1. The molecule has 0 saturated carbocycles. The number of nitrogens with two attached hydrogens (primary N) is 1. The van der Waals surface area contributed by atoms with Gasteiger partial charge in [-0.15, -0.1) is 11.3 Å². The van der Waals surface area contributed by atoms with Crippen LogP contribution in [0.5, 0.6) is 0 Å². The van der Waals surface area contributed by atoms with Gasteiger partial charge in [-0.1, -0.05) is 36.4 Å². The van der Waals surface area contributed by atoms with Crippen molar-refractivity contribution >= 4 is 11.3 Å². The summed E-state index contributed by atoms with van der Waals surface area (Å²) in [5.41, 5.74) is 9.06. The van der Waals surface area contributed by atoms with Crippen molar-refractivity contribution in [2.45, 2.75) is 5.92 Å². The first kappa shape index (κ1) is 12.1.